The van der Waals surface area contributed by atoms with Gasteiger partial charge in [0.05, 0.1) is 4.90 Å². The zero-order valence-corrected chi connectivity index (χ0v) is 19.1. The highest BCUT2D eigenvalue weighted by Gasteiger charge is 2.23. The molecule has 30 heavy (non-hydrogen) atoms. The van der Waals surface area contributed by atoms with Crippen molar-refractivity contribution in [3.05, 3.63) is 59.7 Å². The van der Waals surface area contributed by atoms with Gasteiger partial charge < -0.3 is 10.6 Å². The van der Waals surface area contributed by atoms with Crippen LogP contribution in [0.4, 0.5) is 5.69 Å². The summed E-state index contributed by atoms with van der Waals surface area (Å²) >= 11 is 1.57. The van der Waals surface area contributed by atoms with Crippen LogP contribution in [0.3, 0.4) is 0 Å². The van der Waals surface area contributed by atoms with Crippen molar-refractivity contribution in [1.29, 1.82) is 0 Å². The third-order valence-corrected chi connectivity index (χ3v) is 6.85. The van der Waals surface area contributed by atoms with E-state index in [1.807, 2.05) is 19.2 Å². The Morgan fingerprint density at radius 3 is 2.43 bits per heavy atom. The molecule has 7 nitrogen and oxygen atoms in total. The molecular weight excluding hydrogens is 422 g/mol. The van der Waals surface area contributed by atoms with Gasteiger partial charge in [0.15, 0.2) is 0 Å². The van der Waals surface area contributed by atoms with Gasteiger partial charge in [-0.1, -0.05) is 23.8 Å². The van der Waals surface area contributed by atoms with Gasteiger partial charge in [0.2, 0.25) is 15.9 Å². The Bertz CT molecular complexity index is 1010. The largest absolute Gasteiger partial charge is 0.340 e. The van der Waals surface area contributed by atoms with Crippen LogP contribution < -0.4 is 10.6 Å². The van der Waals surface area contributed by atoms with E-state index in [1.54, 1.807) is 42.1 Å². The molecule has 2 aromatic rings. The van der Waals surface area contributed by atoms with Gasteiger partial charge in [-0.25, -0.2) is 12.7 Å². The van der Waals surface area contributed by atoms with Crippen LogP contribution >= 0.6 is 11.8 Å². The van der Waals surface area contributed by atoms with Crippen molar-refractivity contribution in [1.82, 2.24) is 9.62 Å². The van der Waals surface area contributed by atoms with Crippen LogP contribution in [0, 0.1) is 6.92 Å². The number of amides is 2. The van der Waals surface area contributed by atoms with Crippen molar-refractivity contribution in [2.45, 2.75) is 24.3 Å². The maximum atomic E-state index is 12.9. The summed E-state index contributed by atoms with van der Waals surface area (Å²) in [6.45, 7) is 1.89. The molecule has 2 N–H and O–H groups in total. The molecule has 0 aliphatic rings. The Morgan fingerprint density at radius 2 is 1.80 bits per heavy atom. The van der Waals surface area contributed by atoms with Crippen molar-refractivity contribution in [3.8, 4) is 0 Å². The Kier molecular flexibility index (Phi) is 8.45. The Morgan fingerprint density at radius 1 is 1.10 bits per heavy atom. The zero-order chi connectivity index (χ0) is 22.3. The van der Waals surface area contributed by atoms with Gasteiger partial charge in [-0.2, -0.15) is 11.8 Å². The molecule has 1 atom stereocenters. The molecule has 0 aliphatic heterocycles. The van der Waals surface area contributed by atoms with E-state index in [9.17, 15) is 18.0 Å². The zero-order valence-electron chi connectivity index (χ0n) is 17.5. The second kappa shape index (κ2) is 10.6. The lowest BCUT2D eigenvalue weighted by molar-refractivity contribution is -0.118. The number of hydrogen-bond donors (Lipinski definition) is 2. The molecule has 2 rings (SSSR count). The summed E-state index contributed by atoms with van der Waals surface area (Å²) in [6, 6.07) is 12.4. The number of benzene rings is 2. The summed E-state index contributed by atoms with van der Waals surface area (Å²) in [7, 11) is -0.731. The van der Waals surface area contributed by atoms with E-state index in [4.69, 9.17) is 0 Å². The van der Waals surface area contributed by atoms with Gasteiger partial charge in [-0.15, -0.1) is 0 Å². The normalized spacial score (nSPS) is 12.4. The molecule has 1 unspecified atom stereocenters. The lowest BCUT2D eigenvalue weighted by Gasteiger charge is -2.19. The molecule has 0 spiro atoms. The van der Waals surface area contributed by atoms with E-state index in [2.05, 4.69) is 10.6 Å². The number of carbonyl (C=O) groups excluding carboxylic acids is 2. The summed E-state index contributed by atoms with van der Waals surface area (Å²) in [5.41, 5.74) is 1.78. The number of rotatable bonds is 9. The molecule has 9 heteroatoms. The number of anilines is 1. The van der Waals surface area contributed by atoms with Crippen molar-refractivity contribution < 1.29 is 18.0 Å². The number of thioether (sulfide) groups is 1. The average Bonchev–Trinajstić information content (AvgIpc) is 2.70. The molecule has 0 saturated carbocycles. The first kappa shape index (κ1) is 23.9. The van der Waals surface area contributed by atoms with Crippen molar-refractivity contribution >= 4 is 39.3 Å². The highest BCUT2D eigenvalue weighted by Crippen LogP contribution is 2.18. The molecule has 0 aliphatic carbocycles. The van der Waals surface area contributed by atoms with Gasteiger partial charge in [-0.05, 0) is 55.7 Å². The van der Waals surface area contributed by atoms with E-state index < -0.39 is 22.0 Å². The SMILES string of the molecule is CSCCC(NC(=O)c1cccc(C)c1)C(=O)Nc1cccc(S(=O)(=O)N(C)C)c1. The van der Waals surface area contributed by atoms with E-state index in [-0.39, 0.29) is 10.8 Å². The molecule has 0 saturated heterocycles. The summed E-state index contributed by atoms with van der Waals surface area (Å²) in [5, 5.41) is 5.51. The smallest absolute Gasteiger partial charge is 0.251 e. The molecule has 0 heterocycles. The first-order valence-electron chi connectivity index (χ1n) is 9.35. The van der Waals surface area contributed by atoms with E-state index in [0.717, 1.165) is 9.87 Å². The second-order valence-electron chi connectivity index (χ2n) is 6.98. The van der Waals surface area contributed by atoms with Gasteiger partial charge in [0.1, 0.15) is 6.04 Å². The minimum Gasteiger partial charge on any atom is -0.340 e. The maximum Gasteiger partial charge on any atom is 0.251 e. The van der Waals surface area contributed by atoms with Crippen LogP contribution in [0.15, 0.2) is 53.4 Å². The number of hydrogen-bond acceptors (Lipinski definition) is 5. The monoisotopic (exact) mass is 449 g/mol. The Hall–Kier alpha value is -2.36. The Balaban J connectivity index is 2.18. The third kappa shape index (κ3) is 6.32. The molecule has 2 amide bonds. The van der Waals surface area contributed by atoms with Crippen LogP contribution in [0.5, 0.6) is 0 Å². The topological polar surface area (TPSA) is 95.6 Å². The summed E-state index contributed by atoms with van der Waals surface area (Å²) in [6.07, 6.45) is 2.37. The summed E-state index contributed by atoms with van der Waals surface area (Å²) in [4.78, 5) is 25.5. The molecule has 0 radical (unpaired) electrons. The van der Waals surface area contributed by atoms with Crippen molar-refractivity contribution in [3.63, 3.8) is 0 Å². The highest BCUT2D eigenvalue weighted by atomic mass is 32.2. The van der Waals surface area contributed by atoms with Crippen LogP contribution in [0.1, 0.15) is 22.3 Å². The number of nitrogens with one attached hydrogen (secondary N) is 2. The van der Waals surface area contributed by atoms with Gasteiger partial charge in [0, 0.05) is 25.3 Å². The van der Waals surface area contributed by atoms with Crippen LogP contribution in [-0.4, -0.2) is 56.7 Å². The van der Waals surface area contributed by atoms with Crippen LogP contribution in [-0.2, 0) is 14.8 Å². The van der Waals surface area contributed by atoms with Crippen molar-refractivity contribution in [2.24, 2.45) is 0 Å². The maximum absolute atomic E-state index is 12.9. The lowest BCUT2D eigenvalue weighted by atomic mass is 10.1. The second-order valence-corrected chi connectivity index (χ2v) is 10.1. The fourth-order valence-corrected chi connectivity index (χ4v) is 4.13. The number of aryl methyl sites for hydroxylation is 1. The van der Waals surface area contributed by atoms with Gasteiger partial charge in [-0.3, -0.25) is 9.59 Å². The van der Waals surface area contributed by atoms with Gasteiger partial charge >= 0.3 is 0 Å². The van der Waals surface area contributed by atoms with E-state index in [1.165, 1.54) is 26.2 Å². The number of carbonyl (C=O) groups is 2. The predicted molar refractivity (Wildman–Crippen MR) is 121 cm³/mol. The average molecular weight is 450 g/mol. The molecule has 0 aromatic heterocycles. The third-order valence-electron chi connectivity index (χ3n) is 4.39. The first-order chi connectivity index (χ1) is 14.1. The molecule has 0 bridgehead atoms. The standard InChI is InChI=1S/C21H27N3O4S2/c1-15-7-5-8-16(13-15)20(25)23-19(11-12-29-4)21(26)22-17-9-6-10-18(14-17)30(27,28)24(2)3/h5-10,13-14,19H,11-12H2,1-4H3,(H,22,26)(H,23,25). The summed E-state index contributed by atoms with van der Waals surface area (Å²) in [5.74, 6) is -0.0466. The molecule has 162 valence electrons. The minimum absolute atomic E-state index is 0.0785. The Labute approximate surface area is 182 Å². The summed E-state index contributed by atoms with van der Waals surface area (Å²) < 4.78 is 25.8. The fourth-order valence-electron chi connectivity index (χ4n) is 2.71. The van der Waals surface area contributed by atoms with E-state index >= 15 is 0 Å². The number of sulfonamides is 1. The quantitative estimate of drug-likeness (QED) is 0.614. The molecular formula is C21H27N3O4S2. The highest BCUT2D eigenvalue weighted by molar-refractivity contribution is 7.98. The predicted octanol–water partition coefficient (Wildman–Crippen LogP) is 2.74. The van der Waals surface area contributed by atoms with Gasteiger partial charge in [0.25, 0.3) is 5.91 Å². The van der Waals surface area contributed by atoms with E-state index in [0.29, 0.717) is 23.4 Å². The van der Waals surface area contributed by atoms with Crippen LogP contribution in [0.2, 0.25) is 0 Å². The fraction of sp³-hybridized carbons (Fsp3) is 0.333. The lowest BCUT2D eigenvalue weighted by Crippen LogP contribution is -2.44. The first-order valence-corrected chi connectivity index (χ1v) is 12.2. The van der Waals surface area contributed by atoms with Crippen molar-refractivity contribution in [2.75, 3.05) is 31.4 Å². The minimum atomic E-state index is -3.62. The molecule has 0 fully saturated rings. The molecule has 2 aromatic carbocycles. The van der Waals surface area contributed by atoms with Crippen LogP contribution in [0.25, 0.3) is 0 Å². The number of nitrogens with zero attached hydrogens (tertiary/aromatic N) is 1.